The van der Waals surface area contributed by atoms with Gasteiger partial charge in [-0.3, -0.25) is 4.79 Å². The first-order chi connectivity index (χ1) is 8.65. The van der Waals surface area contributed by atoms with E-state index in [2.05, 4.69) is 45.1 Å². The third-order valence-corrected chi connectivity index (χ3v) is 4.10. The minimum Gasteiger partial charge on any atom is -0.481 e. The smallest absolute Gasteiger partial charge is 0.306 e. The van der Waals surface area contributed by atoms with Gasteiger partial charge in [-0.2, -0.15) is 0 Å². The zero-order valence-electron chi connectivity index (χ0n) is 10.3. The fraction of sp³-hybridized carbons (Fsp3) is 0.500. The molecular formula is C14H18BrNO2. The minimum absolute atomic E-state index is 0.131. The summed E-state index contributed by atoms with van der Waals surface area (Å²) in [6, 6.07) is 8.39. The molecule has 1 aromatic rings. The monoisotopic (exact) mass is 311 g/mol. The maximum atomic E-state index is 10.8. The van der Waals surface area contributed by atoms with Gasteiger partial charge in [0.15, 0.2) is 0 Å². The van der Waals surface area contributed by atoms with Crippen molar-refractivity contribution in [2.75, 3.05) is 19.6 Å². The largest absolute Gasteiger partial charge is 0.481 e. The molecule has 1 fully saturated rings. The van der Waals surface area contributed by atoms with Crippen molar-refractivity contribution in [3.63, 3.8) is 0 Å². The average molecular weight is 312 g/mol. The molecule has 0 radical (unpaired) electrons. The SMILES string of the molecule is O=C(O)C1CCN(CCc2ccc(Br)cc2)CC1. The molecule has 0 bridgehead atoms. The highest BCUT2D eigenvalue weighted by atomic mass is 79.9. The molecule has 0 amide bonds. The number of carboxylic acids is 1. The number of rotatable bonds is 4. The van der Waals surface area contributed by atoms with E-state index < -0.39 is 5.97 Å². The quantitative estimate of drug-likeness (QED) is 0.929. The molecule has 98 valence electrons. The van der Waals surface area contributed by atoms with Crippen LogP contribution in [-0.4, -0.2) is 35.6 Å². The predicted octanol–water partition coefficient (Wildman–Crippen LogP) is 2.79. The van der Waals surface area contributed by atoms with Crippen LogP contribution in [0.15, 0.2) is 28.7 Å². The van der Waals surface area contributed by atoms with Crippen molar-refractivity contribution < 1.29 is 9.90 Å². The van der Waals surface area contributed by atoms with E-state index in [1.54, 1.807) is 0 Å². The lowest BCUT2D eigenvalue weighted by Gasteiger charge is -2.29. The van der Waals surface area contributed by atoms with Crippen LogP contribution >= 0.6 is 15.9 Å². The fourth-order valence-electron chi connectivity index (χ4n) is 2.34. The molecule has 1 aromatic carbocycles. The Labute approximate surface area is 116 Å². The molecular weight excluding hydrogens is 294 g/mol. The van der Waals surface area contributed by atoms with E-state index in [1.807, 2.05) is 0 Å². The van der Waals surface area contributed by atoms with Crippen LogP contribution in [-0.2, 0) is 11.2 Å². The van der Waals surface area contributed by atoms with Crippen molar-refractivity contribution in [1.82, 2.24) is 4.90 Å². The van der Waals surface area contributed by atoms with E-state index in [0.717, 1.165) is 43.4 Å². The molecule has 1 N–H and O–H groups in total. The molecule has 4 heteroatoms. The number of hydrogen-bond donors (Lipinski definition) is 1. The molecule has 3 nitrogen and oxygen atoms in total. The third kappa shape index (κ3) is 3.82. The van der Waals surface area contributed by atoms with Crippen LogP contribution in [0.2, 0.25) is 0 Å². The molecule has 0 aromatic heterocycles. The maximum absolute atomic E-state index is 10.8. The van der Waals surface area contributed by atoms with Crippen molar-refractivity contribution in [3.8, 4) is 0 Å². The minimum atomic E-state index is -0.637. The van der Waals surface area contributed by atoms with Gasteiger partial charge in [-0.25, -0.2) is 0 Å². The molecule has 0 aliphatic carbocycles. The van der Waals surface area contributed by atoms with Gasteiger partial charge >= 0.3 is 5.97 Å². The lowest BCUT2D eigenvalue weighted by Crippen LogP contribution is -2.37. The Hall–Kier alpha value is -0.870. The number of aliphatic carboxylic acids is 1. The number of carboxylic acid groups (broad SMARTS) is 1. The Balaban J connectivity index is 1.75. The molecule has 1 saturated heterocycles. The number of carbonyl (C=O) groups is 1. The van der Waals surface area contributed by atoms with Gasteiger partial charge in [-0.15, -0.1) is 0 Å². The van der Waals surface area contributed by atoms with E-state index in [0.29, 0.717) is 0 Å². The topological polar surface area (TPSA) is 40.5 Å². The van der Waals surface area contributed by atoms with Gasteiger partial charge in [0.05, 0.1) is 5.92 Å². The van der Waals surface area contributed by atoms with Crippen LogP contribution in [0, 0.1) is 5.92 Å². The number of nitrogens with zero attached hydrogens (tertiary/aromatic N) is 1. The van der Waals surface area contributed by atoms with Gasteiger partial charge in [0.25, 0.3) is 0 Å². The molecule has 0 saturated carbocycles. The van der Waals surface area contributed by atoms with Gasteiger partial charge < -0.3 is 10.0 Å². The Kier molecular flexibility index (Phi) is 4.78. The molecule has 2 rings (SSSR count). The highest BCUT2D eigenvalue weighted by Gasteiger charge is 2.23. The van der Waals surface area contributed by atoms with Gasteiger partial charge in [0.2, 0.25) is 0 Å². The van der Waals surface area contributed by atoms with Crippen LogP contribution in [0.25, 0.3) is 0 Å². The van der Waals surface area contributed by atoms with Gasteiger partial charge in [0, 0.05) is 11.0 Å². The van der Waals surface area contributed by atoms with Crippen molar-refractivity contribution in [1.29, 1.82) is 0 Å². The molecule has 1 aliphatic rings. The Morgan fingerprint density at radius 2 is 1.89 bits per heavy atom. The first-order valence-corrected chi connectivity index (χ1v) is 7.14. The fourth-order valence-corrected chi connectivity index (χ4v) is 2.61. The summed E-state index contributed by atoms with van der Waals surface area (Å²) in [6.45, 7) is 2.84. The number of benzene rings is 1. The first-order valence-electron chi connectivity index (χ1n) is 6.35. The van der Waals surface area contributed by atoms with Gasteiger partial charge in [0.1, 0.15) is 0 Å². The van der Waals surface area contributed by atoms with E-state index in [1.165, 1.54) is 5.56 Å². The molecule has 1 heterocycles. The highest BCUT2D eigenvalue weighted by Crippen LogP contribution is 2.18. The zero-order valence-corrected chi connectivity index (χ0v) is 11.9. The van der Waals surface area contributed by atoms with Gasteiger partial charge in [-0.1, -0.05) is 28.1 Å². The van der Waals surface area contributed by atoms with Crippen LogP contribution in [0.5, 0.6) is 0 Å². The molecule has 0 spiro atoms. The van der Waals surface area contributed by atoms with Crippen molar-refractivity contribution >= 4 is 21.9 Å². The lowest BCUT2D eigenvalue weighted by atomic mass is 9.97. The number of likely N-dealkylation sites (tertiary alicyclic amines) is 1. The normalized spacial score (nSPS) is 17.8. The summed E-state index contributed by atoms with van der Waals surface area (Å²) in [6.07, 6.45) is 2.61. The van der Waals surface area contributed by atoms with Crippen LogP contribution in [0.1, 0.15) is 18.4 Å². The van der Waals surface area contributed by atoms with E-state index >= 15 is 0 Å². The first kappa shape index (κ1) is 13.6. The van der Waals surface area contributed by atoms with Crippen molar-refractivity contribution in [2.24, 2.45) is 5.92 Å². The second-order valence-corrected chi connectivity index (χ2v) is 5.75. The number of halogens is 1. The van der Waals surface area contributed by atoms with E-state index in [9.17, 15) is 4.79 Å². The van der Waals surface area contributed by atoms with E-state index in [-0.39, 0.29) is 5.92 Å². The summed E-state index contributed by atoms with van der Waals surface area (Å²) in [5.41, 5.74) is 1.33. The zero-order chi connectivity index (χ0) is 13.0. The summed E-state index contributed by atoms with van der Waals surface area (Å²) in [7, 11) is 0. The average Bonchev–Trinajstić information content (AvgIpc) is 2.38. The molecule has 0 atom stereocenters. The van der Waals surface area contributed by atoms with E-state index in [4.69, 9.17) is 5.11 Å². The lowest BCUT2D eigenvalue weighted by molar-refractivity contribution is -0.143. The summed E-state index contributed by atoms with van der Waals surface area (Å²) in [4.78, 5) is 13.2. The molecule has 1 aliphatic heterocycles. The predicted molar refractivity (Wildman–Crippen MR) is 74.6 cm³/mol. The number of piperidine rings is 1. The Bertz CT molecular complexity index is 397. The second-order valence-electron chi connectivity index (χ2n) is 4.83. The molecule has 0 unspecified atom stereocenters. The Morgan fingerprint density at radius 3 is 2.44 bits per heavy atom. The maximum Gasteiger partial charge on any atom is 0.306 e. The summed E-state index contributed by atoms with van der Waals surface area (Å²) >= 11 is 3.43. The van der Waals surface area contributed by atoms with Crippen LogP contribution in [0.3, 0.4) is 0 Å². The Morgan fingerprint density at radius 1 is 1.28 bits per heavy atom. The standard InChI is InChI=1S/C14H18BrNO2/c15-13-3-1-11(2-4-13)5-8-16-9-6-12(7-10-16)14(17)18/h1-4,12H,5-10H2,(H,17,18). The van der Waals surface area contributed by atoms with Gasteiger partial charge in [-0.05, 0) is 50.0 Å². The van der Waals surface area contributed by atoms with Crippen LogP contribution < -0.4 is 0 Å². The third-order valence-electron chi connectivity index (χ3n) is 3.57. The molecule has 18 heavy (non-hydrogen) atoms. The van der Waals surface area contributed by atoms with Crippen molar-refractivity contribution in [3.05, 3.63) is 34.3 Å². The van der Waals surface area contributed by atoms with Crippen LogP contribution in [0.4, 0.5) is 0 Å². The highest BCUT2D eigenvalue weighted by molar-refractivity contribution is 9.10. The summed E-state index contributed by atoms with van der Waals surface area (Å²) < 4.78 is 1.11. The summed E-state index contributed by atoms with van der Waals surface area (Å²) in [5, 5.41) is 8.94. The second kappa shape index (κ2) is 6.34. The van der Waals surface area contributed by atoms with Crippen molar-refractivity contribution in [2.45, 2.75) is 19.3 Å². The number of hydrogen-bond acceptors (Lipinski definition) is 2. The summed E-state index contributed by atoms with van der Waals surface area (Å²) in [5.74, 6) is -0.767.